The van der Waals surface area contributed by atoms with E-state index in [1.807, 2.05) is 11.3 Å². The minimum atomic E-state index is 0.336. The van der Waals surface area contributed by atoms with Gasteiger partial charge >= 0.3 is 0 Å². The van der Waals surface area contributed by atoms with Gasteiger partial charge in [0.2, 0.25) is 0 Å². The monoisotopic (exact) mass is 275 g/mol. The Bertz CT molecular complexity index is 521. The van der Waals surface area contributed by atoms with Gasteiger partial charge in [0, 0.05) is 22.6 Å². The van der Waals surface area contributed by atoms with Crippen LogP contribution < -0.4 is 5.32 Å². The number of ether oxygens (including phenoxy) is 1. The fourth-order valence-electron chi connectivity index (χ4n) is 2.06. The summed E-state index contributed by atoms with van der Waals surface area (Å²) in [6, 6.07) is 13.2. The van der Waals surface area contributed by atoms with Crippen molar-refractivity contribution < 1.29 is 4.74 Å². The maximum atomic E-state index is 5.16. The summed E-state index contributed by atoms with van der Waals surface area (Å²) in [4.78, 5) is 2.82. The molecule has 3 heteroatoms. The Labute approximate surface area is 119 Å². The van der Waals surface area contributed by atoms with Gasteiger partial charge in [-0.25, -0.2) is 0 Å². The number of hydrogen-bond acceptors (Lipinski definition) is 3. The Morgan fingerprint density at radius 3 is 2.79 bits per heavy atom. The first-order valence-corrected chi connectivity index (χ1v) is 7.47. The van der Waals surface area contributed by atoms with E-state index in [1.165, 1.54) is 15.3 Å². The molecule has 19 heavy (non-hydrogen) atoms. The van der Waals surface area contributed by atoms with Gasteiger partial charge in [-0.3, -0.25) is 0 Å². The van der Waals surface area contributed by atoms with E-state index < -0.39 is 0 Å². The van der Waals surface area contributed by atoms with E-state index in [2.05, 4.69) is 55.6 Å². The third-order valence-corrected chi connectivity index (χ3v) is 4.49. The summed E-state index contributed by atoms with van der Waals surface area (Å²) < 4.78 is 5.16. The first kappa shape index (κ1) is 14.1. The Kier molecular flexibility index (Phi) is 5.00. The largest absolute Gasteiger partial charge is 0.380 e. The van der Waals surface area contributed by atoms with Crippen LogP contribution >= 0.6 is 11.3 Å². The molecular formula is C16H21NOS. The first-order valence-electron chi connectivity index (χ1n) is 6.66. The molecule has 0 aliphatic carbocycles. The van der Waals surface area contributed by atoms with Crippen LogP contribution in [0.4, 0.5) is 5.69 Å². The highest BCUT2D eigenvalue weighted by molar-refractivity contribution is 7.12. The highest BCUT2D eigenvalue weighted by Crippen LogP contribution is 2.26. The summed E-state index contributed by atoms with van der Waals surface area (Å²) in [5, 5.41) is 3.55. The number of aryl methyl sites for hydroxylation is 1. The van der Waals surface area contributed by atoms with Gasteiger partial charge in [-0.2, -0.15) is 0 Å². The van der Waals surface area contributed by atoms with Gasteiger partial charge in [-0.1, -0.05) is 19.1 Å². The number of rotatable bonds is 6. The summed E-state index contributed by atoms with van der Waals surface area (Å²) in [6.07, 6.45) is 1.11. The molecule has 0 spiro atoms. The van der Waals surface area contributed by atoms with Crippen molar-refractivity contribution in [2.45, 2.75) is 32.9 Å². The molecule has 1 N–H and O–H groups in total. The summed E-state index contributed by atoms with van der Waals surface area (Å²) >= 11 is 1.89. The van der Waals surface area contributed by atoms with Gasteiger partial charge in [0.1, 0.15) is 0 Å². The summed E-state index contributed by atoms with van der Waals surface area (Å²) in [7, 11) is 1.72. The number of methoxy groups -OCH3 is 1. The highest BCUT2D eigenvalue weighted by atomic mass is 32.1. The van der Waals surface area contributed by atoms with E-state index in [4.69, 9.17) is 4.74 Å². The molecule has 0 saturated carbocycles. The molecule has 0 aliphatic rings. The summed E-state index contributed by atoms with van der Waals surface area (Å²) in [5.41, 5.74) is 2.34. The predicted molar refractivity (Wildman–Crippen MR) is 82.9 cm³/mol. The standard InChI is InChI=1S/C16H21NOS/c1-4-15-8-9-16(19-15)12(2)17-14-7-5-6-13(10-14)11-18-3/h5-10,12,17H,4,11H2,1-3H3. The van der Waals surface area contributed by atoms with Crippen LogP contribution in [0, 0.1) is 0 Å². The van der Waals surface area contributed by atoms with Gasteiger partial charge in [0.15, 0.2) is 0 Å². The maximum absolute atomic E-state index is 5.16. The number of benzene rings is 1. The molecule has 0 aliphatic heterocycles. The third kappa shape index (κ3) is 3.82. The normalized spacial score (nSPS) is 12.4. The molecule has 1 atom stereocenters. The third-order valence-electron chi connectivity index (χ3n) is 3.08. The van der Waals surface area contributed by atoms with Crippen LogP contribution in [-0.2, 0) is 17.8 Å². The molecule has 0 amide bonds. The van der Waals surface area contributed by atoms with E-state index in [0.717, 1.165) is 12.1 Å². The molecule has 1 aromatic heterocycles. The molecule has 1 unspecified atom stereocenters. The van der Waals surface area contributed by atoms with Crippen LogP contribution in [0.15, 0.2) is 36.4 Å². The van der Waals surface area contributed by atoms with Crippen LogP contribution in [0.25, 0.3) is 0 Å². The molecule has 2 aromatic rings. The van der Waals surface area contributed by atoms with Crippen molar-refractivity contribution in [1.82, 2.24) is 0 Å². The molecule has 102 valence electrons. The van der Waals surface area contributed by atoms with E-state index in [0.29, 0.717) is 12.6 Å². The quantitative estimate of drug-likeness (QED) is 0.830. The van der Waals surface area contributed by atoms with Crippen molar-refractivity contribution in [1.29, 1.82) is 0 Å². The van der Waals surface area contributed by atoms with Crippen molar-refractivity contribution >= 4 is 17.0 Å². The molecule has 2 rings (SSSR count). The molecule has 1 heterocycles. The second kappa shape index (κ2) is 6.73. The average Bonchev–Trinajstić information content (AvgIpc) is 2.88. The van der Waals surface area contributed by atoms with Crippen molar-refractivity contribution in [2.24, 2.45) is 0 Å². The van der Waals surface area contributed by atoms with Crippen LogP contribution in [0.3, 0.4) is 0 Å². The smallest absolute Gasteiger partial charge is 0.0713 e. The number of nitrogens with one attached hydrogen (secondary N) is 1. The second-order valence-electron chi connectivity index (χ2n) is 4.66. The lowest BCUT2D eigenvalue weighted by Gasteiger charge is -2.14. The van der Waals surface area contributed by atoms with Crippen LogP contribution in [0.5, 0.6) is 0 Å². The fraction of sp³-hybridized carbons (Fsp3) is 0.375. The minimum absolute atomic E-state index is 0.336. The summed E-state index contributed by atoms with van der Waals surface area (Å²) in [6.45, 7) is 5.05. The molecule has 0 bridgehead atoms. The van der Waals surface area contributed by atoms with E-state index >= 15 is 0 Å². The van der Waals surface area contributed by atoms with Crippen molar-refractivity contribution in [3.8, 4) is 0 Å². The van der Waals surface area contributed by atoms with Gasteiger partial charge in [0.25, 0.3) is 0 Å². The van der Waals surface area contributed by atoms with Gasteiger partial charge in [0.05, 0.1) is 12.6 Å². The van der Waals surface area contributed by atoms with Crippen molar-refractivity contribution in [2.75, 3.05) is 12.4 Å². The number of hydrogen-bond donors (Lipinski definition) is 1. The molecule has 0 fully saturated rings. The lowest BCUT2D eigenvalue weighted by atomic mass is 10.2. The molecule has 1 aromatic carbocycles. The lowest BCUT2D eigenvalue weighted by Crippen LogP contribution is -2.05. The number of thiophene rings is 1. The SMILES string of the molecule is CCc1ccc(C(C)Nc2cccc(COC)c2)s1. The number of anilines is 1. The zero-order valence-corrected chi connectivity index (χ0v) is 12.6. The Hall–Kier alpha value is -1.32. The fourth-order valence-corrected chi connectivity index (χ4v) is 3.01. The average molecular weight is 275 g/mol. The predicted octanol–water partition coefficient (Wildman–Crippen LogP) is 4.63. The van der Waals surface area contributed by atoms with E-state index in [1.54, 1.807) is 7.11 Å². The molecule has 2 nitrogen and oxygen atoms in total. The van der Waals surface area contributed by atoms with Crippen LogP contribution in [0.1, 0.15) is 35.2 Å². The summed E-state index contributed by atoms with van der Waals surface area (Å²) in [5.74, 6) is 0. The minimum Gasteiger partial charge on any atom is -0.380 e. The van der Waals surface area contributed by atoms with E-state index in [9.17, 15) is 0 Å². The highest BCUT2D eigenvalue weighted by Gasteiger charge is 2.08. The Balaban J connectivity index is 2.05. The zero-order chi connectivity index (χ0) is 13.7. The van der Waals surface area contributed by atoms with Crippen LogP contribution in [0.2, 0.25) is 0 Å². The Morgan fingerprint density at radius 2 is 2.11 bits per heavy atom. The second-order valence-corrected chi connectivity index (χ2v) is 5.86. The topological polar surface area (TPSA) is 21.3 Å². The van der Waals surface area contributed by atoms with E-state index in [-0.39, 0.29) is 0 Å². The van der Waals surface area contributed by atoms with Crippen LogP contribution in [-0.4, -0.2) is 7.11 Å². The van der Waals surface area contributed by atoms with Crippen molar-refractivity contribution in [3.05, 3.63) is 51.7 Å². The van der Waals surface area contributed by atoms with Gasteiger partial charge in [-0.15, -0.1) is 11.3 Å². The zero-order valence-electron chi connectivity index (χ0n) is 11.8. The molecule has 0 saturated heterocycles. The lowest BCUT2D eigenvalue weighted by molar-refractivity contribution is 0.185. The Morgan fingerprint density at radius 1 is 1.26 bits per heavy atom. The van der Waals surface area contributed by atoms with Gasteiger partial charge < -0.3 is 10.1 Å². The molecule has 0 radical (unpaired) electrons. The van der Waals surface area contributed by atoms with Gasteiger partial charge in [-0.05, 0) is 43.2 Å². The van der Waals surface area contributed by atoms with Crippen molar-refractivity contribution in [3.63, 3.8) is 0 Å². The molecular weight excluding hydrogens is 254 g/mol. The maximum Gasteiger partial charge on any atom is 0.0713 e. The first-order chi connectivity index (χ1) is 9.22.